The second kappa shape index (κ2) is 3.90. The third-order valence-corrected chi connectivity index (χ3v) is 2.73. The summed E-state index contributed by atoms with van der Waals surface area (Å²) in [4.78, 5) is 0. The van der Waals surface area contributed by atoms with Crippen molar-refractivity contribution in [1.82, 2.24) is 0 Å². The van der Waals surface area contributed by atoms with Gasteiger partial charge in [0.15, 0.2) is 0 Å². The molecule has 0 fully saturated rings. The standard InChI is InChI=1S/C8H8I2/c1-6-3-2-4-7(5-6)8(9)10/h2-5,8H,1H3. The van der Waals surface area contributed by atoms with E-state index in [0.717, 1.165) is 0 Å². The van der Waals surface area contributed by atoms with E-state index in [4.69, 9.17) is 0 Å². The van der Waals surface area contributed by atoms with Crippen molar-refractivity contribution in [1.29, 1.82) is 0 Å². The summed E-state index contributed by atoms with van der Waals surface area (Å²) in [5.74, 6) is 0. The highest BCUT2D eigenvalue weighted by atomic mass is 127. The molecule has 54 valence electrons. The van der Waals surface area contributed by atoms with Gasteiger partial charge in [0.05, 0.1) is 1.93 Å². The summed E-state index contributed by atoms with van der Waals surface area (Å²) in [7, 11) is 0. The maximum atomic E-state index is 2.41. The van der Waals surface area contributed by atoms with Crippen LogP contribution in [0.15, 0.2) is 24.3 Å². The zero-order chi connectivity index (χ0) is 7.56. The lowest BCUT2D eigenvalue weighted by atomic mass is 10.2. The Bertz CT molecular complexity index is 218. The van der Waals surface area contributed by atoms with Gasteiger partial charge in [-0.3, -0.25) is 0 Å². The Morgan fingerprint density at radius 2 is 2.00 bits per heavy atom. The van der Waals surface area contributed by atoms with Crippen LogP contribution in [0.25, 0.3) is 0 Å². The summed E-state index contributed by atoms with van der Waals surface area (Å²) in [6.45, 7) is 2.12. The van der Waals surface area contributed by atoms with Crippen LogP contribution >= 0.6 is 45.2 Å². The van der Waals surface area contributed by atoms with E-state index in [1.54, 1.807) is 0 Å². The van der Waals surface area contributed by atoms with Crippen molar-refractivity contribution in [3.05, 3.63) is 35.4 Å². The molecule has 0 radical (unpaired) electrons. The molecule has 1 rings (SSSR count). The topological polar surface area (TPSA) is 0 Å². The molecule has 0 unspecified atom stereocenters. The molecule has 1 aromatic carbocycles. The van der Waals surface area contributed by atoms with E-state index in [1.807, 2.05) is 0 Å². The van der Waals surface area contributed by atoms with Crippen LogP contribution in [0.5, 0.6) is 0 Å². The van der Waals surface area contributed by atoms with Crippen LogP contribution in [0.2, 0.25) is 0 Å². The number of halogens is 2. The van der Waals surface area contributed by atoms with Gasteiger partial charge in [-0.15, -0.1) is 0 Å². The minimum atomic E-state index is 0.593. The number of hydrogen-bond donors (Lipinski definition) is 0. The van der Waals surface area contributed by atoms with Crippen molar-refractivity contribution in [3.63, 3.8) is 0 Å². The Kier molecular flexibility index (Phi) is 3.42. The molecular formula is C8H8I2. The molecule has 1 aromatic rings. The van der Waals surface area contributed by atoms with Gasteiger partial charge in [0, 0.05) is 0 Å². The van der Waals surface area contributed by atoms with Crippen LogP contribution in [0.1, 0.15) is 13.1 Å². The Balaban J connectivity index is 2.96. The molecule has 10 heavy (non-hydrogen) atoms. The first kappa shape index (κ1) is 8.77. The van der Waals surface area contributed by atoms with E-state index in [0.29, 0.717) is 1.93 Å². The van der Waals surface area contributed by atoms with E-state index >= 15 is 0 Å². The normalized spacial score (nSPS) is 10.4. The molecule has 0 nitrogen and oxygen atoms in total. The monoisotopic (exact) mass is 358 g/mol. The molecule has 2 heteroatoms. The number of hydrogen-bond acceptors (Lipinski definition) is 0. The van der Waals surface area contributed by atoms with Crippen LogP contribution in [0.3, 0.4) is 0 Å². The van der Waals surface area contributed by atoms with E-state index in [1.165, 1.54) is 11.1 Å². The van der Waals surface area contributed by atoms with E-state index in [2.05, 4.69) is 76.4 Å². The molecule has 0 spiro atoms. The minimum Gasteiger partial charge on any atom is -0.0657 e. The largest absolute Gasteiger partial charge is 0.0875 e. The summed E-state index contributed by atoms with van der Waals surface area (Å²) in [5, 5.41) is 0. The summed E-state index contributed by atoms with van der Waals surface area (Å²) < 4.78 is 0.593. The van der Waals surface area contributed by atoms with Gasteiger partial charge in [-0.05, 0) is 12.5 Å². The van der Waals surface area contributed by atoms with Gasteiger partial charge in [-0.1, -0.05) is 75.0 Å². The first-order valence-corrected chi connectivity index (χ1v) is 5.54. The molecule has 0 aliphatic carbocycles. The van der Waals surface area contributed by atoms with E-state index < -0.39 is 0 Å². The third kappa shape index (κ3) is 2.38. The molecule has 0 heterocycles. The number of benzene rings is 1. The zero-order valence-electron chi connectivity index (χ0n) is 5.64. The van der Waals surface area contributed by atoms with Gasteiger partial charge in [-0.25, -0.2) is 0 Å². The van der Waals surface area contributed by atoms with Crippen LogP contribution in [-0.4, -0.2) is 0 Å². The molecule has 0 bridgehead atoms. The fraction of sp³-hybridized carbons (Fsp3) is 0.250. The van der Waals surface area contributed by atoms with Crippen molar-refractivity contribution in [2.24, 2.45) is 0 Å². The fourth-order valence-electron chi connectivity index (χ4n) is 0.806. The summed E-state index contributed by atoms with van der Waals surface area (Å²) in [6.07, 6.45) is 0. The maximum absolute atomic E-state index is 2.41. The Hall–Kier alpha value is 0.680. The molecule has 0 N–H and O–H groups in total. The Labute approximate surface area is 88.7 Å². The van der Waals surface area contributed by atoms with Gasteiger partial charge >= 0.3 is 0 Å². The minimum absolute atomic E-state index is 0.593. The molecule has 0 aliphatic heterocycles. The highest BCUT2D eigenvalue weighted by molar-refractivity contribution is 14.2. The summed E-state index contributed by atoms with van der Waals surface area (Å²) in [6, 6.07) is 8.62. The lowest BCUT2D eigenvalue weighted by Crippen LogP contribution is -1.79. The molecule has 0 saturated heterocycles. The zero-order valence-corrected chi connectivity index (χ0v) is 9.96. The average Bonchev–Trinajstić information content (AvgIpc) is 1.88. The van der Waals surface area contributed by atoms with Crippen molar-refractivity contribution in [2.45, 2.75) is 8.86 Å². The highest BCUT2D eigenvalue weighted by Crippen LogP contribution is 2.30. The van der Waals surface area contributed by atoms with E-state index in [-0.39, 0.29) is 0 Å². The van der Waals surface area contributed by atoms with Gasteiger partial charge in [0.2, 0.25) is 0 Å². The quantitative estimate of drug-likeness (QED) is 0.529. The second-order valence-electron chi connectivity index (χ2n) is 2.21. The highest BCUT2D eigenvalue weighted by Gasteiger charge is 1.99. The van der Waals surface area contributed by atoms with Gasteiger partial charge < -0.3 is 0 Å². The fourth-order valence-corrected chi connectivity index (χ4v) is 1.58. The summed E-state index contributed by atoms with van der Waals surface area (Å²) in [5.41, 5.74) is 2.75. The smallest absolute Gasteiger partial charge is 0.0657 e. The van der Waals surface area contributed by atoms with Gasteiger partial charge in [0.25, 0.3) is 0 Å². The van der Waals surface area contributed by atoms with Crippen LogP contribution in [-0.2, 0) is 0 Å². The number of alkyl halides is 2. The van der Waals surface area contributed by atoms with Crippen molar-refractivity contribution >= 4 is 45.2 Å². The second-order valence-corrected chi connectivity index (χ2v) is 7.09. The first-order chi connectivity index (χ1) is 4.70. The van der Waals surface area contributed by atoms with Gasteiger partial charge in [0.1, 0.15) is 0 Å². The lowest BCUT2D eigenvalue weighted by molar-refractivity contribution is 1.38. The number of aryl methyl sites for hydroxylation is 1. The molecule has 0 aliphatic rings. The van der Waals surface area contributed by atoms with Crippen LogP contribution in [0, 0.1) is 6.92 Å². The predicted molar refractivity (Wildman–Crippen MR) is 62.0 cm³/mol. The first-order valence-electron chi connectivity index (χ1n) is 3.05. The molecule has 0 atom stereocenters. The number of rotatable bonds is 1. The lowest BCUT2D eigenvalue weighted by Gasteiger charge is -2.01. The van der Waals surface area contributed by atoms with Crippen molar-refractivity contribution in [3.8, 4) is 0 Å². The maximum Gasteiger partial charge on any atom is 0.0875 e. The van der Waals surface area contributed by atoms with Crippen molar-refractivity contribution < 1.29 is 0 Å². The molecular weight excluding hydrogens is 350 g/mol. The molecule has 0 aromatic heterocycles. The van der Waals surface area contributed by atoms with Crippen LogP contribution in [0.4, 0.5) is 0 Å². The third-order valence-electron chi connectivity index (χ3n) is 1.29. The van der Waals surface area contributed by atoms with E-state index in [9.17, 15) is 0 Å². The summed E-state index contributed by atoms with van der Waals surface area (Å²) >= 11 is 4.82. The SMILES string of the molecule is Cc1cccc(C(I)I)c1. The predicted octanol–water partition coefficient (Wildman–Crippen LogP) is 3.86. The van der Waals surface area contributed by atoms with Crippen LogP contribution < -0.4 is 0 Å². The Morgan fingerprint density at radius 1 is 1.30 bits per heavy atom. The molecule has 0 saturated carbocycles. The Morgan fingerprint density at radius 3 is 2.40 bits per heavy atom. The van der Waals surface area contributed by atoms with Crippen molar-refractivity contribution in [2.75, 3.05) is 0 Å². The molecule has 0 amide bonds. The van der Waals surface area contributed by atoms with Gasteiger partial charge in [-0.2, -0.15) is 0 Å². The average molecular weight is 358 g/mol.